The van der Waals surface area contributed by atoms with E-state index in [0.717, 1.165) is 32.2 Å². The maximum atomic E-state index is 13.9. The van der Waals surface area contributed by atoms with Gasteiger partial charge in [-0.2, -0.15) is 0 Å². The van der Waals surface area contributed by atoms with Crippen molar-refractivity contribution < 1.29 is 14.0 Å². The van der Waals surface area contributed by atoms with Gasteiger partial charge in [0.2, 0.25) is 11.8 Å². The van der Waals surface area contributed by atoms with Crippen molar-refractivity contribution in [3.8, 4) is 0 Å². The predicted octanol–water partition coefficient (Wildman–Crippen LogP) is 1.86. The minimum atomic E-state index is -0.447. The maximum absolute atomic E-state index is 13.9. The van der Waals surface area contributed by atoms with Gasteiger partial charge >= 0.3 is 0 Å². The van der Waals surface area contributed by atoms with Crippen LogP contribution < -0.4 is 0 Å². The van der Waals surface area contributed by atoms with E-state index in [9.17, 15) is 14.0 Å². The highest BCUT2D eigenvalue weighted by atomic mass is 35.5. The fourth-order valence-corrected chi connectivity index (χ4v) is 4.73. The molecule has 6 nitrogen and oxygen atoms in total. The minimum absolute atomic E-state index is 0.0320. The van der Waals surface area contributed by atoms with Gasteiger partial charge in [0.15, 0.2) is 0 Å². The Morgan fingerprint density at radius 2 is 1.57 bits per heavy atom. The molecule has 30 heavy (non-hydrogen) atoms. The van der Waals surface area contributed by atoms with E-state index in [-0.39, 0.29) is 28.8 Å². The second kappa shape index (κ2) is 9.62. The largest absolute Gasteiger partial charge is 0.340 e. The molecule has 1 saturated carbocycles. The first-order valence-electron chi connectivity index (χ1n) is 11.0. The number of nitrogens with zero attached hydrogens (tertiary/aromatic N) is 4. The molecule has 0 radical (unpaired) electrons. The van der Waals surface area contributed by atoms with E-state index >= 15 is 0 Å². The van der Waals surface area contributed by atoms with Crippen molar-refractivity contribution in [1.82, 2.24) is 19.6 Å². The first-order chi connectivity index (χ1) is 14.5. The zero-order chi connectivity index (χ0) is 21.1. The molecule has 0 N–H and O–H groups in total. The summed E-state index contributed by atoms with van der Waals surface area (Å²) < 4.78 is 13.9. The summed E-state index contributed by atoms with van der Waals surface area (Å²) in [5, 5.41) is 0.282. The molecule has 2 saturated heterocycles. The molecule has 0 bridgehead atoms. The lowest BCUT2D eigenvalue weighted by Crippen LogP contribution is -2.56. The highest BCUT2D eigenvalue weighted by Crippen LogP contribution is 2.25. The molecule has 0 spiro atoms. The summed E-state index contributed by atoms with van der Waals surface area (Å²) in [6.07, 6.45) is 3.92. The molecule has 8 heteroatoms. The summed E-state index contributed by atoms with van der Waals surface area (Å²) in [6, 6.07) is 5.20. The van der Waals surface area contributed by atoms with Gasteiger partial charge in [0, 0.05) is 69.0 Å². The second-order valence-electron chi connectivity index (χ2n) is 8.54. The average molecular weight is 437 g/mol. The number of amides is 2. The summed E-state index contributed by atoms with van der Waals surface area (Å²) in [6.45, 7) is 6.42. The van der Waals surface area contributed by atoms with Gasteiger partial charge in [-0.05, 0) is 25.0 Å². The fourth-order valence-electron chi connectivity index (χ4n) is 4.50. The van der Waals surface area contributed by atoms with E-state index < -0.39 is 5.82 Å². The number of piperazine rings is 2. The predicted molar refractivity (Wildman–Crippen MR) is 114 cm³/mol. The lowest BCUT2D eigenvalue weighted by Gasteiger charge is -2.43. The third kappa shape index (κ3) is 4.95. The van der Waals surface area contributed by atoms with Crippen LogP contribution in [0.15, 0.2) is 18.2 Å². The van der Waals surface area contributed by atoms with Crippen molar-refractivity contribution in [2.45, 2.75) is 31.7 Å². The molecule has 0 aromatic heterocycles. The summed E-state index contributed by atoms with van der Waals surface area (Å²) in [5.74, 6) is -0.390. The number of hydrogen-bond acceptors (Lipinski definition) is 4. The Balaban J connectivity index is 1.20. The van der Waals surface area contributed by atoms with Gasteiger partial charge in [0.25, 0.3) is 0 Å². The van der Waals surface area contributed by atoms with Crippen molar-refractivity contribution in [2.24, 2.45) is 0 Å². The number of carbonyl (C=O) groups is 2. The summed E-state index contributed by atoms with van der Waals surface area (Å²) in [7, 11) is 0. The minimum Gasteiger partial charge on any atom is -0.340 e. The van der Waals surface area contributed by atoms with Gasteiger partial charge in [-0.3, -0.25) is 19.4 Å². The second-order valence-corrected chi connectivity index (χ2v) is 8.94. The van der Waals surface area contributed by atoms with Crippen LogP contribution in [-0.2, 0) is 16.0 Å². The molecule has 0 atom stereocenters. The molecule has 1 aromatic carbocycles. The molecule has 1 aliphatic carbocycles. The van der Waals surface area contributed by atoms with E-state index in [1.807, 2.05) is 4.90 Å². The maximum Gasteiger partial charge on any atom is 0.236 e. The summed E-state index contributed by atoms with van der Waals surface area (Å²) in [5.41, 5.74) is 0.253. The Kier molecular flexibility index (Phi) is 6.91. The Morgan fingerprint density at radius 1 is 0.933 bits per heavy atom. The van der Waals surface area contributed by atoms with Gasteiger partial charge in [-0.25, -0.2) is 4.39 Å². The Hall–Kier alpha value is -1.70. The van der Waals surface area contributed by atoms with Gasteiger partial charge < -0.3 is 9.80 Å². The normalized spacial score (nSPS) is 21.5. The molecule has 0 unspecified atom stereocenters. The monoisotopic (exact) mass is 436 g/mol. The van der Waals surface area contributed by atoms with Crippen LogP contribution in [0.1, 0.15) is 24.8 Å². The third-order valence-corrected chi connectivity index (χ3v) is 7.09. The van der Waals surface area contributed by atoms with E-state index in [2.05, 4.69) is 9.80 Å². The number of halogens is 2. The van der Waals surface area contributed by atoms with E-state index in [1.165, 1.54) is 31.4 Å². The zero-order valence-electron chi connectivity index (χ0n) is 17.4. The van der Waals surface area contributed by atoms with Crippen LogP contribution in [0.25, 0.3) is 0 Å². The van der Waals surface area contributed by atoms with E-state index in [0.29, 0.717) is 32.7 Å². The molecule has 2 aliphatic heterocycles. The zero-order valence-corrected chi connectivity index (χ0v) is 18.1. The highest BCUT2D eigenvalue weighted by molar-refractivity contribution is 6.31. The van der Waals surface area contributed by atoms with Crippen LogP contribution in [-0.4, -0.2) is 96.4 Å². The van der Waals surface area contributed by atoms with Gasteiger partial charge in [0.1, 0.15) is 5.82 Å². The lowest BCUT2D eigenvalue weighted by molar-refractivity contribution is -0.136. The van der Waals surface area contributed by atoms with E-state index in [1.54, 1.807) is 11.0 Å². The highest BCUT2D eigenvalue weighted by Gasteiger charge is 2.30. The van der Waals surface area contributed by atoms with Crippen LogP contribution in [0, 0.1) is 5.82 Å². The quantitative estimate of drug-likeness (QED) is 0.707. The average Bonchev–Trinajstić information content (AvgIpc) is 2.70. The van der Waals surface area contributed by atoms with Crippen LogP contribution in [0.4, 0.5) is 4.39 Å². The van der Waals surface area contributed by atoms with Crippen LogP contribution in [0.5, 0.6) is 0 Å². The van der Waals surface area contributed by atoms with Gasteiger partial charge in [-0.1, -0.05) is 24.1 Å². The van der Waals surface area contributed by atoms with Crippen LogP contribution in [0.2, 0.25) is 5.02 Å². The standard InChI is InChI=1S/C22H30ClFN4O2/c23-19-5-2-6-20(24)18(19)15-21(29)27-9-7-25(8-10-27)16-22(30)28-13-11-26(12-14-28)17-3-1-4-17/h2,5-6,17H,1,3-4,7-16H2. The van der Waals surface area contributed by atoms with Crippen molar-refractivity contribution >= 4 is 23.4 Å². The number of rotatable bonds is 5. The number of hydrogen-bond donors (Lipinski definition) is 0. The van der Waals surface area contributed by atoms with Gasteiger partial charge in [-0.15, -0.1) is 0 Å². The molecule has 4 rings (SSSR count). The first-order valence-corrected chi connectivity index (χ1v) is 11.3. The Bertz CT molecular complexity index is 752. The molecule has 1 aromatic rings. The topological polar surface area (TPSA) is 47.1 Å². The first kappa shape index (κ1) is 21.5. The third-order valence-electron chi connectivity index (χ3n) is 6.73. The molecule has 2 heterocycles. The molecular weight excluding hydrogens is 407 g/mol. The molecular formula is C22H30ClFN4O2. The Morgan fingerprint density at radius 3 is 2.17 bits per heavy atom. The SMILES string of the molecule is O=C(Cc1c(F)cccc1Cl)N1CCN(CC(=O)N2CCN(C3CCC3)CC2)CC1. The molecule has 3 fully saturated rings. The molecule has 164 valence electrons. The smallest absolute Gasteiger partial charge is 0.236 e. The lowest BCUT2D eigenvalue weighted by atomic mass is 9.91. The van der Waals surface area contributed by atoms with Crippen molar-refractivity contribution in [1.29, 1.82) is 0 Å². The van der Waals surface area contributed by atoms with Gasteiger partial charge in [0.05, 0.1) is 13.0 Å². The molecule has 3 aliphatic rings. The summed E-state index contributed by atoms with van der Waals surface area (Å²) in [4.78, 5) is 33.6. The number of benzene rings is 1. The fraction of sp³-hybridized carbons (Fsp3) is 0.636. The van der Waals surface area contributed by atoms with Crippen LogP contribution in [0.3, 0.4) is 0 Å². The van der Waals surface area contributed by atoms with Crippen molar-refractivity contribution in [2.75, 3.05) is 58.9 Å². The summed E-state index contributed by atoms with van der Waals surface area (Å²) >= 11 is 6.04. The van der Waals surface area contributed by atoms with Crippen molar-refractivity contribution in [3.63, 3.8) is 0 Å². The number of carbonyl (C=O) groups excluding carboxylic acids is 2. The van der Waals surface area contributed by atoms with Crippen molar-refractivity contribution in [3.05, 3.63) is 34.6 Å². The Labute approximate surface area is 182 Å². The van der Waals surface area contributed by atoms with E-state index in [4.69, 9.17) is 11.6 Å². The van der Waals surface area contributed by atoms with Crippen LogP contribution >= 0.6 is 11.6 Å². The molecule has 2 amide bonds.